The lowest BCUT2D eigenvalue weighted by Gasteiger charge is -2.39. The number of methoxy groups -OCH3 is 1. The van der Waals surface area contributed by atoms with Crippen LogP contribution in [0.2, 0.25) is 5.02 Å². The van der Waals surface area contributed by atoms with E-state index in [4.69, 9.17) is 25.8 Å². The van der Waals surface area contributed by atoms with E-state index < -0.39 is 6.10 Å². The fourth-order valence-electron chi connectivity index (χ4n) is 4.70. The molecule has 0 unspecified atom stereocenters. The van der Waals surface area contributed by atoms with Crippen LogP contribution in [0, 0.1) is 0 Å². The van der Waals surface area contributed by atoms with Gasteiger partial charge in [-0.3, -0.25) is 4.98 Å². The number of benzene rings is 2. The van der Waals surface area contributed by atoms with Crippen molar-refractivity contribution >= 4 is 23.2 Å². The Bertz CT molecular complexity index is 1440. The highest BCUT2D eigenvalue weighted by Gasteiger charge is 2.41. The van der Waals surface area contributed by atoms with Gasteiger partial charge in [-0.25, -0.2) is 4.68 Å². The highest BCUT2D eigenvalue weighted by Crippen LogP contribution is 2.51. The van der Waals surface area contributed by atoms with Crippen molar-refractivity contribution in [1.29, 1.82) is 0 Å². The minimum Gasteiger partial charge on any atom is -0.493 e. The number of hydrogen-bond donors (Lipinski definition) is 1. The topological polar surface area (TPSA) is 83.3 Å². The van der Waals surface area contributed by atoms with Crippen molar-refractivity contribution in [3.8, 4) is 17.2 Å². The Labute approximate surface area is 207 Å². The molecule has 0 bridgehead atoms. The molecule has 6 rings (SSSR count). The fraction of sp³-hybridized carbons (Fsp3) is 0.192. The van der Waals surface area contributed by atoms with E-state index in [9.17, 15) is 0 Å². The zero-order valence-electron chi connectivity index (χ0n) is 19.1. The number of hydrogen-bond acceptors (Lipinski definition) is 7. The van der Waals surface area contributed by atoms with E-state index in [2.05, 4.69) is 20.4 Å². The van der Waals surface area contributed by atoms with E-state index in [1.165, 1.54) is 0 Å². The minimum absolute atomic E-state index is 0.299. The molecule has 2 atom stereocenters. The number of fused-ring (bicyclic) bond motifs is 3. The molecule has 4 aromatic rings. The van der Waals surface area contributed by atoms with Gasteiger partial charge in [0.1, 0.15) is 24.2 Å². The Balaban J connectivity index is 1.59. The molecule has 2 aliphatic rings. The molecule has 176 valence electrons. The van der Waals surface area contributed by atoms with Crippen LogP contribution in [-0.2, 0) is 0 Å². The van der Waals surface area contributed by atoms with Gasteiger partial charge in [-0.1, -0.05) is 23.7 Å². The van der Waals surface area contributed by atoms with Crippen LogP contribution in [0.25, 0.3) is 5.70 Å². The van der Waals surface area contributed by atoms with Gasteiger partial charge in [0.05, 0.1) is 19.4 Å². The largest absolute Gasteiger partial charge is 0.493 e. The van der Waals surface area contributed by atoms with Crippen LogP contribution in [0.15, 0.2) is 72.8 Å². The number of nitrogens with one attached hydrogen (secondary N) is 1. The first-order valence-electron chi connectivity index (χ1n) is 11.3. The third kappa shape index (κ3) is 3.57. The van der Waals surface area contributed by atoms with E-state index >= 15 is 0 Å². The fourth-order valence-corrected chi connectivity index (χ4v) is 4.87. The summed E-state index contributed by atoms with van der Waals surface area (Å²) in [4.78, 5) is 8.82. The predicted molar refractivity (Wildman–Crippen MR) is 132 cm³/mol. The van der Waals surface area contributed by atoms with Crippen LogP contribution >= 0.6 is 11.6 Å². The van der Waals surface area contributed by atoms with Crippen molar-refractivity contribution in [2.45, 2.75) is 19.1 Å². The maximum absolute atomic E-state index is 6.65. The third-order valence-electron chi connectivity index (χ3n) is 6.17. The molecule has 35 heavy (non-hydrogen) atoms. The molecular weight excluding hydrogens is 466 g/mol. The molecule has 9 heteroatoms. The Kier molecular flexibility index (Phi) is 5.30. The summed E-state index contributed by atoms with van der Waals surface area (Å²) in [6, 6.07) is 15.1. The average molecular weight is 488 g/mol. The van der Waals surface area contributed by atoms with Gasteiger partial charge in [-0.15, -0.1) is 0 Å². The summed E-state index contributed by atoms with van der Waals surface area (Å²) in [7, 11) is 1.63. The van der Waals surface area contributed by atoms with Crippen molar-refractivity contribution in [3.05, 3.63) is 94.5 Å². The van der Waals surface area contributed by atoms with Gasteiger partial charge in [0.25, 0.3) is 0 Å². The summed E-state index contributed by atoms with van der Waals surface area (Å²) in [5.41, 5.74) is 4.60. The van der Waals surface area contributed by atoms with Crippen LogP contribution < -0.4 is 19.5 Å². The summed E-state index contributed by atoms with van der Waals surface area (Å²) in [5, 5.41) is 8.63. The monoisotopic (exact) mass is 487 g/mol. The molecule has 2 aromatic heterocycles. The minimum atomic E-state index is -0.446. The summed E-state index contributed by atoms with van der Waals surface area (Å²) in [6.07, 6.45) is 4.69. The maximum Gasteiger partial charge on any atom is 0.226 e. The Morgan fingerprint density at radius 1 is 1.11 bits per heavy atom. The highest BCUT2D eigenvalue weighted by atomic mass is 35.5. The first kappa shape index (κ1) is 21.5. The number of ether oxygens (including phenoxy) is 3. The van der Waals surface area contributed by atoms with Crippen LogP contribution in [-0.4, -0.2) is 33.5 Å². The molecule has 0 saturated heterocycles. The van der Waals surface area contributed by atoms with Crippen LogP contribution in [0.5, 0.6) is 17.2 Å². The molecule has 0 spiro atoms. The van der Waals surface area contributed by atoms with Gasteiger partial charge >= 0.3 is 0 Å². The van der Waals surface area contributed by atoms with Gasteiger partial charge in [-0.2, -0.15) is 10.1 Å². The normalized spacial score (nSPS) is 18.0. The van der Waals surface area contributed by atoms with Crippen molar-refractivity contribution in [2.24, 2.45) is 0 Å². The van der Waals surface area contributed by atoms with Gasteiger partial charge in [0.2, 0.25) is 5.95 Å². The van der Waals surface area contributed by atoms with Crippen LogP contribution in [0.4, 0.5) is 5.95 Å². The van der Waals surface area contributed by atoms with Crippen molar-refractivity contribution in [1.82, 2.24) is 19.7 Å². The molecule has 8 nitrogen and oxygen atoms in total. The number of pyridine rings is 1. The summed E-state index contributed by atoms with van der Waals surface area (Å²) < 4.78 is 19.9. The van der Waals surface area contributed by atoms with Crippen LogP contribution in [0.3, 0.4) is 0 Å². The smallest absolute Gasteiger partial charge is 0.226 e. The molecular formula is C26H22ClN5O3. The quantitative estimate of drug-likeness (QED) is 0.409. The summed E-state index contributed by atoms with van der Waals surface area (Å²) >= 11 is 6.40. The van der Waals surface area contributed by atoms with E-state index in [1.807, 2.05) is 66.3 Å². The second-order valence-corrected chi connectivity index (χ2v) is 8.59. The summed E-state index contributed by atoms with van der Waals surface area (Å²) in [6.45, 7) is 2.49. The zero-order valence-corrected chi connectivity index (χ0v) is 19.9. The standard InChI is InChI=1S/C26H22ClN5O3/c1-3-34-20-8-6-15(11-21(20)33-2)25-22-23(18-12-17(27)7-9-19(18)35-25)31-26-29-14-30-32(26)24(22)16-5-4-10-28-13-16/h4-14,24-25H,3H2,1-2H3,(H,29,30,31)/t24-,25-/m0/s1. The number of halogens is 1. The average Bonchev–Trinajstić information content (AvgIpc) is 3.36. The molecule has 0 aliphatic carbocycles. The van der Waals surface area contributed by atoms with E-state index in [0.717, 1.165) is 33.7 Å². The molecule has 2 aliphatic heterocycles. The number of anilines is 1. The van der Waals surface area contributed by atoms with Gasteiger partial charge < -0.3 is 19.5 Å². The molecule has 0 fully saturated rings. The van der Waals surface area contributed by atoms with E-state index in [-0.39, 0.29) is 6.04 Å². The van der Waals surface area contributed by atoms with Crippen molar-refractivity contribution in [2.75, 3.05) is 19.0 Å². The lowest BCUT2D eigenvalue weighted by molar-refractivity contribution is 0.222. The van der Waals surface area contributed by atoms with Gasteiger partial charge in [0.15, 0.2) is 11.5 Å². The van der Waals surface area contributed by atoms with Crippen molar-refractivity contribution < 1.29 is 14.2 Å². The SMILES string of the molecule is CCOc1ccc([C@@H]2Oc3ccc(Cl)cc3C3=C2[C@H](c2cccnc2)n2ncnc2N3)cc1OC. The number of rotatable bonds is 5. The molecule has 2 aromatic carbocycles. The predicted octanol–water partition coefficient (Wildman–Crippen LogP) is 5.29. The van der Waals surface area contributed by atoms with Crippen molar-refractivity contribution in [3.63, 3.8) is 0 Å². The first-order chi connectivity index (χ1) is 17.2. The first-order valence-corrected chi connectivity index (χ1v) is 11.6. The van der Waals surface area contributed by atoms with Gasteiger partial charge in [0, 0.05) is 34.1 Å². The summed E-state index contributed by atoms with van der Waals surface area (Å²) in [5.74, 6) is 2.67. The molecule has 0 amide bonds. The Morgan fingerprint density at radius 2 is 2.03 bits per heavy atom. The Hall–Kier alpha value is -4.04. The zero-order chi connectivity index (χ0) is 23.9. The second kappa shape index (κ2) is 8.63. The van der Waals surface area contributed by atoms with Crippen LogP contribution in [0.1, 0.15) is 35.8 Å². The Morgan fingerprint density at radius 3 is 2.83 bits per heavy atom. The molecule has 0 radical (unpaired) electrons. The molecule has 0 saturated carbocycles. The number of aromatic nitrogens is 4. The maximum atomic E-state index is 6.65. The lowest BCUT2D eigenvalue weighted by atomic mass is 9.85. The lowest BCUT2D eigenvalue weighted by Crippen LogP contribution is -2.32. The number of nitrogens with zero attached hydrogens (tertiary/aromatic N) is 4. The van der Waals surface area contributed by atoms with Gasteiger partial charge in [-0.05, 0) is 48.9 Å². The second-order valence-electron chi connectivity index (χ2n) is 8.15. The van der Waals surface area contributed by atoms with E-state index in [0.29, 0.717) is 29.1 Å². The molecule has 4 heterocycles. The van der Waals surface area contributed by atoms with E-state index in [1.54, 1.807) is 19.6 Å². The highest BCUT2D eigenvalue weighted by molar-refractivity contribution is 6.30. The molecule has 1 N–H and O–H groups in total. The third-order valence-corrected chi connectivity index (χ3v) is 6.40.